The maximum absolute atomic E-state index is 5.75. The lowest BCUT2D eigenvalue weighted by Gasteiger charge is -2.39. The van der Waals surface area contributed by atoms with Crippen LogP contribution in [-0.2, 0) is 4.74 Å². The molecule has 0 radical (unpaired) electrons. The Morgan fingerprint density at radius 2 is 1.73 bits per heavy atom. The number of nitrogens with zero attached hydrogens (tertiary/aromatic N) is 2. The molecule has 1 aliphatic rings. The van der Waals surface area contributed by atoms with Gasteiger partial charge in [-0.2, -0.15) is 0 Å². The topological polar surface area (TPSA) is 15.7 Å². The number of hydrogen-bond donors (Lipinski definition) is 0. The minimum Gasteiger partial charge on any atom is -0.368 e. The van der Waals surface area contributed by atoms with E-state index in [9.17, 15) is 0 Å². The Balaban J connectivity index is 1.72. The molecule has 1 aliphatic heterocycles. The van der Waals surface area contributed by atoms with Crippen LogP contribution in [0.3, 0.4) is 0 Å². The lowest BCUT2D eigenvalue weighted by molar-refractivity contribution is -0.0440. The van der Waals surface area contributed by atoms with Gasteiger partial charge in [0, 0.05) is 42.6 Å². The number of hydrogen-bond acceptors (Lipinski definition) is 4. The molecule has 0 bridgehead atoms. The Hall–Kier alpha value is -1.49. The van der Waals surface area contributed by atoms with Crippen molar-refractivity contribution in [1.82, 2.24) is 4.90 Å². The van der Waals surface area contributed by atoms with Gasteiger partial charge in [0.1, 0.15) is 6.23 Å². The Morgan fingerprint density at radius 1 is 1.00 bits per heavy atom. The van der Waals surface area contributed by atoms with Gasteiger partial charge in [-0.05, 0) is 51.5 Å². The van der Waals surface area contributed by atoms with Gasteiger partial charge in [0.15, 0.2) is 0 Å². The predicted octanol–water partition coefficient (Wildman–Crippen LogP) is 4.96. The highest BCUT2D eigenvalue weighted by molar-refractivity contribution is 7.99. The Morgan fingerprint density at radius 3 is 2.42 bits per heavy atom. The van der Waals surface area contributed by atoms with Crippen LogP contribution in [0.2, 0.25) is 0 Å². The average Bonchev–Trinajstić information content (AvgIpc) is 2.65. The van der Waals surface area contributed by atoms with Crippen molar-refractivity contribution in [3.8, 4) is 0 Å². The summed E-state index contributed by atoms with van der Waals surface area (Å²) in [6.45, 7) is 13.5. The van der Waals surface area contributed by atoms with E-state index in [1.165, 1.54) is 26.6 Å². The second-order valence-electron chi connectivity index (χ2n) is 6.92. The molecule has 1 heterocycles. The van der Waals surface area contributed by atoms with Crippen molar-refractivity contribution in [2.24, 2.45) is 0 Å². The van der Waals surface area contributed by atoms with Crippen molar-refractivity contribution in [2.45, 2.75) is 43.7 Å². The highest BCUT2D eigenvalue weighted by Gasteiger charge is 2.22. The van der Waals surface area contributed by atoms with Gasteiger partial charge in [0.2, 0.25) is 0 Å². The Kier molecular flexibility index (Phi) is 6.63. The van der Waals surface area contributed by atoms with Gasteiger partial charge in [-0.15, -0.1) is 0 Å². The third-order valence-electron chi connectivity index (χ3n) is 4.99. The fourth-order valence-corrected chi connectivity index (χ4v) is 4.55. The van der Waals surface area contributed by atoms with Gasteiger partial charge in [-0.25, -0.2) is 0 Å². The third-order valence-corrected chi connectivity index (χ3v) is 6.24. The Bertz CT molecular complexity index is 726. The number of aryl methyl sites for hydroxylation is 2. The number of rotatable bonds is 6. The first kappa shape index (κ1) is 19.3. The first-order valence-electron chi connectivity index (χ1n) is 9.53. The lowest BCUT2D eigenvalue weighted by Crippen LogP contribution is -2.50. The molecule has 3 nitrogen and oxygen atoms in total. The van der Waals surface area contributed by atoms with Crippen molar-refractivity contribution in [2.75, 3.05) is 37.7 Å². The summed E-state index contributed by atoms with van der Waals surface area (Å²) < 4.78 is 5.75. The van der Waals surface area contributed by atoms with Crippen molar-refractivity contribution in [3.63, 3.8) is 0 Å². The molecule has 0 aliphatic carbocycles. The number of para-hydroxylation sites is 1. The van der Waals surface area contributed by atoms with Gasteiger partial charge in [0.05, 0.1) is 5.69 Å². The lowest BCUT2D eigenvalue weighted by atomic mass is 10.2. The molecule has 140 valence electrons. The van der Waals surface area contributed by atoms with Gasteiger partial charge in [-0.3, -0.25) is 4.90 Å². The highest BCUT2D eigenvalue weighted by atomic mass is 32.2. The van der Waals surface area contributed by atoms with Crippen molar-refractivity contribution >= 4 is 17.4 Å². The molecule has 2 aromatic rings. The van der Waals surface area contributed by atoms with E-state index in [-0.39, 0.29) is 6.23 Å². The van der Waals surface area contributed by atoms with E-state index in [4.69, 9.17) is 4.74 Å². The van der Waals surface area contributed by atoms with Crippen LogP contribution in [0.1, 0.15) is 25.0 Å². The molecule has 1 atom stereocenters. The van der Waals surface area contributed by atoms with Crippen molar-refractivity contribution in [1.29, 1.82) is 0 Å². The summed E-state index contributed by atoms with van der Waals surface area (Å²) in [5.41, 5.74) is 4.01. The largest absolute Gasteiger partial charge is 0.368 e. The van der Waals surface area contributed by atoms with Crippen molar-refractivity contribution in [3.05, 3.63) is 53.6 Å². The fourth-order valence-electron chi connectivity index (χ4n) is 3.51. The SMILES string of the molecule is CCO[C@H](C)N1CCN(c2ccccc2Sc2ccc(C)cc2C)CC1. The second-order valence-corrected chi connectivity index (χ2v) is 8.00. The summed E-state index contributed by atoms with van der Waals surface area (Å²) >= 11 is 1.88. The molecule has 4 heteroatoms. The molecular formula is C22H30N2OS. The standard InChI is InChI=1S/C22H30N2OS/c1-5-25-19(4)23-12-14-24(15-13-23)20-8-6-7-9-22(20)26-21-11-10-17(2)16-18(21)3/h6-11,16,19H,5,12-15H2,1-4H3/t19-/m1/s1. The summed E-state index contributed by atoms with van der Waals surface area (Å²) in [5.74, 6) is 0. The van der Waals surface area contributed by atoms with Crippen LogP contribution in [0.4, 0.5) is 5.69 Å². The molecule has 0 unspecified atom stereocenters. The van der Waals surface area contributed by atoms with Crippen LogP contribution in [0.5, 0.6) is 0 Å². The van der Waals surface area contributed by atoms with E-state index in [1.807, 2.05) is 11.8 Å². The molecule has 26 heavy (non-hydrogen) atoms. The van der Waals surface area contributed by atoms with Crippen LogP contribution in [-0.4, -0.2) is 43.9 Å². The van der Waals surface area contributed by atoms with Crippen LogP contribution >= 0.6 is 11.8 Å². The zero-order valence-corrected chi connectivity index (χ0v) is 17.2. The first-order chi connectivity index (χ1) is 12.6. The maximum atomic E-state index is 5.75. The quantitative estimate of drug-likeness (QED) is 0.714. The van der Waals surface area contributed by atoms with Gasteiger partial charge in [0.25, 0.3) is 0 Å². The van der Waals surface area contributed by atoms with Gasteiger partial charge < -0.3 is 9.64 Å². The van der Waals surface area contributed by atoms with Crippen molar-refractivity contribution < 1.29 is 4.74 Å². The van der Waals surface area contributed by atoms with Gasteiger partial charge >= 0.3 is 0 Å². The molecule has 0 spiro atoms. The third kappa shape index (κ3) is 4.61. The number of ether oxygens (including phenoxy) is 1. The van der Waals surface area contributed by atoms with Crippen LogP contribution in [0.15, 0.2) is 52.3 Å². The van der Waals surface area contributed by atoms with E-state index in [0.717, 1.165) is 32.8 Å². The van der Waals surface area contributed by atoms with E-state index in [2.05, 4.69) is 80.0 Å². The minimum absolute atomic E-state index is 0.210. The van der Waals surface area contributed by atoms with Gasteiger partial charge in [-0.1, -0.05) is 41.6 Å². The van der Waals surface area contributed by atoms with Crippen LogP contribution in [0, 0.1) is 13.8 Å². The fraction of sp³-hybridized carbons (Fsp3) is 0.455. The zero-order valence-electron chi connectivity index (χ0n) is 16.4. The second kappa shape index (κ2) is 8.94. The summed E-state index contributed by atoms with van der Waals surface area (Å²) in [5, 5.41) is 0. The molecule has 0 saturated carbocycles. The van der Waals surface area contributed by atoms with E-state index >= 15 is 0 Å². The normalized spacial score (nSPS) is 16.7. The molecule has 2 aromatic carbocycles. The molecule has 0 aromatic heterocycles. The molecular weight excluding hydrogens is 340 g/mol. The van der Waals surface area contributed by atoms with E-state index in [1.54, 1.807) is 0 Å². The minimum atomic E-state index is 0.210. The Labute approximate surface area is 162 Å². The monoisotopic (exact) mass is 370 g/mol. The number of piperazine rings is 1. The molecule has 0 amide bonds. The zero-order chi connectivity index (χ0) is 18.5. The van der Waals surface area contributed by atoms with Crippen LogP contribution in [0.25, 0.3) is 0 Å². The molecule has 3 rings (SSSR count). The molecule has 0 N–H and O–H groups in total. The summed E-state index contributed by atoms with van der Waals surface area (Å²) in [4.78, 5) is 7.62. The highest BCUT2D eigenvalue weighted by Crippen LogP contribution is 2.37. The van der Waals surface area contributed by atoms with E-state index < -0.39 is 0 Å². The smallest absolute Gasteiger partial charge is 0.107 e. The number of benzene rings is 2. The summed E-state index contributed by atoms with van der Waals surface area (Å²) in [6, 6.07) is 15.5. The molecule has 1 saturated heterocycles. The molecule has 1 fully saturated rings. The summed E-state index contributed by atoms with van der Waals surface area (Å²) in [7, 11) is 0. The van der Waals surface area contributed by atoms with E-state index in [0.29, 0.717) is 0 Å². The summed E-state index contributed by atoms with van der Waals surface area (Å²) in [6.07, 6.45) is 0.210. The average molecular weight is 371 g/mol. The van der Waals surface area contributed by atoms with Crippen LogP contribution < -0.4 is 4.90 Å². The maximum Gasteiger partial charge on any atom is 0.107 e. The number of anilines is 1. The predicted molar refractivity (Wildman–Crippen MR) is 111 cm³/mol. The first-order valence-corrected chi connectivity index (χ1v) is 10.3.